The molecule has 1 aromatic carbocycles. The molecule has 2 aliphatic heterocycles. The van der Waals surface area contributed by atoms with E-state index in [1.165, 1.54) is 18.6 Å². The number of likely N-dealkylation sites (tertiary alicyclic amines) is 2. The first-order valence-electron chi connectivity index (χ1n) is 9.14. The first-order valence-corrected chi connectivity index (χ1v) is 9.14. The molecule has 1 unspecified atom stereocenters. The minimum absolute atomic E-state index is 0.0140. The van der Waals surface area contributed by atoms with E-state index in [4.69, 9.17) is 0 Å². The van der Waals surface area contributed by atoms with E-state index < -0.39 is 0 Å². The highest BCUT2D eigenvalue weighted by Crippen LogP contribution is 2.13. The molecular formula is C19H26FN3O2. The maximum atomic E-state index is 12.9. The fourth-order valence-electron chi connectivity index (χ4n) is 3.59. The quantitative estimate of drug-likeness (QED) is 0.850. The summed E-state index contributed by atoms with van der Waals surface area (Å²) in [5.41, 5.74) is 1.01. The van der Waals surface area contributed by atoms with Crippen LogP contribution in [0.15, 0.2) is 24.3 Å². The zero-order valence-corrected chi connectivity index (χ0v) is 14.5. The number of carbonyl (C=O) groups is 2. The highest BCUT2D eigenvalue weighted by molar-refractivity contribution is 5.83. The molecule has 0 aliphatic carbocycles. The molecule has 3 rings (SSSR count). The summed E-state index contributed by atoms with van der Waals surface area (Å²) >= 11 is 0. The van der Waals surface area contributed by atoms with Crippen molar-refractivity contribution in [3.8, 4) is 0 Å². The number of carbonyl (C=O) groups excluding carboxylic acids is 2. The summed E-state index contributed by atoms with van der Waals surface area (Å²) in [7, 11) is 0. The van der Waals surface area contributed by atoms with Crippen LogP contribution in [0.25, 0.3) is 0 Å². The summed E-state index contributed by atoms with van der Waals surface area (Å²) < 4.78 is 12.9. The van der Waals surface area contributed by atoms with E-state index in [-0.39, 0.29) is 23.7 Å². The lowest BCUT2D eigenvalue weighted by molar-refractivity contribution is -0.127. The van der Waals surface area contributed by atoms with E-state index in [9.17, 15) is 14.0 Å². The van der Waals surface area contributed by atoms with Gasteiger partial charge in [0.25, 0.3) is 0 Å². The average Bonchev–Trinajstić information content (AvgIpc) is 2.94. The van der Waals surface area contributed by atoms with Crippen LogP contribution in [0.5, 0.6) is 0 Å². The molecule has 2 fully saturated rings. The number of nitrogens with zero attached hydrogens (tertiary/aromatic N) is 2. The number of benzene rings is 1. The van der Waals surface area contributed by atoms with Gasteiger partial charge in [-0.15, -0.1) is 0 Å². The molecule has 2 aliphatic rings. The van der Waals surface area contributed by atoms with Crippen molar-refractivity contribution in [2.75, 3.05) is 32.7 Å². The van der Waals surface area contributed by atoms with Crippen molar-refractivity contribution in [2.45, 2.75) is 38.1 Å². The van der Waals surface area contributed by atoms with Crippen molar-refractivity contribution < 1.29 is 14.0 Å². The molecule has 5 nitrogen and oxygen atoms in total. The summed E-state index contributed by atoms with van der Waals surface area (Å²) in [6.07, 6.45) is 4.63. The smallest absolute Gasteiger partial charge is 0.234 e. The van der Waals surface area contributed by atoms with E-state index in [0.29, 0.717) is 32.5 Å². The Morgan fingerprint density at radius 2 is 1.88 bits per heavy atom. The molecule has 2 heterocycles. The number of piperidine rings is 1. The van der Waals surface area contributed by atoms with E-state index in [0.717, 1.165) is 31.5 Å². The predicted molar refractivity (Wildman–Crippen MR) is 93.5 cm³/mol. The number of halogens is 1. The van der Waals surface area contributed by atoms with Crippen molar-refractivity contribution in [1.82, 2.24) is 15.1 Å². The van der Waals surface area contributed by atoms with Crippen molar-refractivity contribution in [1.29, 1.82) is 0 Å². The van der Waals surface area contributed by atoms with Crippen LogP contribution in [0, 0.1) is 5.82 Å². The Morgan fingerprint density at radius 1 is 1.16 bits per heavy atom. The first kappa shape index (κ1) is 17.9. The van der Waals surface area contributed by atoms with Crippen LogP contribution in [-0.2, 0) is 16.0 Å². The Balaban J connectivity index is 1.42. The van der Waals surface area contributed by atoms with Gasteiger partial charge in [0.05, 0.1) is 12.6 Å². The van der Waals surface area contributed by atoms with Crippen molar-refractivity contribution in [3.05, 3.63) is 35.6 Å². The van der Waals surface area contributed by atoms with Gasteiger partial charge in [-0.25, -0.2) is 4.39 Å². The van der Waals surface area contributed by atoms with Gasteiger partial charge >= 0.3 is 0 Å². The molecule has 0 saturated carbocycles. The molecular weight excluding hydrogens is 321 g/mol. The molecule has 1 aromatic rings. The molecule has 6 heteroatoms. The van der Waals surface area contributed by atoms with Gasteiger partial charge in [0, 0.05) is 19.5 Å². The fraction of sp³-hybridized carbons (Fsp3) is 0.579. The lowest BCUT2D eigenvalue weighted by Crippen LogP contribution is -2.44. The Hall–Kier alpha value is -1.95. The third-order valence-corrected chi connectivity index (χ3v) is 4.98. The normalized spacial score (nSPS) is 21.6. The van der Waals surface area contributed by atoms with Crippen LogP contribution in [0.1, 0.15) is 31.2 Å². The van der Waals surface area contributed by atoms with E-state index >= 15 is 0 Å². The summed E-state index contributed by atoms with van der Waals surface area (Å²) in [6, 6.07) is 6.26. The van der Waals surface area contributed by atoms with E-state index in [1.54, 1.807) is 17.0 Å². The highest BCUT2D eigenvalue weighted by atomic mass is 19.1. The summed E-state index contributed by atoms with van der Waals surface area (Å²) in [6.45, 7) is 3.57. The lowest BCUT2D eigenvalue weighted by Gasteiger charge is -2.26. The fourth-order valence-corrected chi connectivity index (χ4v) is 3.59. The summed E-state index contributed by atoms with van der Waals surface area (Å²) in [5.74, 6) is -0.164. The van der Waals surface area contributed by atoms with Gasteiger partial charge in [-0.2, -0.15) is 0 Å². The van der Waals surface area contributed by atoms with Crippen LogP contribution in [-0.4, -0.2) is 60.4 Å². The zero-order chi connectivity index (χ0) is 17.6. The topological polar surface area (TPSA) is 52.7 Å². The van der Waals surface area contributed by atoms with Gasteiger partial charge in [-0.05, 0) is 50.0 Å². The maximum absolute atomic E-state index is 12.9. The highest BCUT2D eigenvalue weighted by Gasteiger charge is 2.30. The van der Waals surface area contributed by atoms with E-state index in [2.05, 4.69) is 10.2 Å². The summed E-state index contributed by atoms with van der Waals surface area (Å²) in [4.78, 5) is 28.3. The molecule has 1 N–H and O–H groups in total. The van der Waals surface area contributed by atoms with Gasteiger partial charge in [-0.1, -0.05) is 18.6 Å². The van der Waals surface area contributed by atoms with Crippen molar-refractivity contribution >= 4 is 11.8 Å². The Morgan fingerprint density at radius 3 is 2.60 bits per heavy atom. The van der Waals surface area contributed by atoms with Crippen LogP contribution >= 0.6 is 0 Å². The van der Waals surface area contributed by atoms with Gasteiger partial charge in [0.15, 0.2) is 0 Å². The second kappa shape index (κ2) is 8.43. The number of nitrogens with one attached hydrogen (secondary N) is 1. The number of rotatable bonds is 6. The van der Waals surface area contributed by atoms with Crippen molar-refractivity contribution in [3.63, 3.8) is 0 Å². The predicted octanol–water partition coefficient (Wildman–Crippen LogP) is 1.57. The SMILES string of the molecule is O=C(CN1CCCCC1)NC1CC(=O)N(CCc2ccc(F)cc2)C1. The Kier molecular flexibility index (Phi) is 6.02. The van der Waals surface area contributed by atoms with Gasteiger partial charge < -0.3 is 10.2 Å². The standard InChI is InChI=1S/C19H26FN3O2/c20-16-6-4-15(5-7-16)8-11-23-13-17(12-19(23)25)21-18(24)14-22-9-2-1-3-10-22/h4-7,17H,1-3,8-14H2,(H,21,24). The van der Waals surface area contributed by atoms with Crippen LogP contribution in [0.3, 0.4) is 0 Å². The largest absolute Gasteiger partial charge is 0.350 e. The molecule has 0 radical (unpaired) electrons. The van der Waals surface area contributed by atoms with Crippen LogP contribution in [0.4, 0.5) is 4.39 Å². The van der Waals surface area contributed by atoms with Gasteiger partial charge in [-0.3, -0.25) is 14.5 Å². The van der Waals surface area contributed by atoms with Crippen LogP contribution in [0.2, 0.25) is 0 Å². The molecule has 25 heavy (non-hydrogen) atoms. The van der Waals surface area contributed by atoms with E-state index in [1.807, 2.05) is 0 Å². The molecule has 2 saturated heterocycles. The molecule has 0 bridgehead atoms. The molecule has 136 valence electrons. The first-order chi connectivity index (χ1) is 12.1. The minimum Gasteiger partial charge on any atom is -0.350 e. The van der Waals surface area contributed by atoms with Gasteiger partial charge in [0.1, 0.15) is 5.82 Å². The average molecular weight is 347 g/mol. The van der Waals surface area contributed by atoms with Crippen LogP contribution < -0.4 is 5.32 Å². The number of amides is 2. The maximum Gasteiger partial charge on any atom is 0.234 e. The molecule has 1 atom stereocenters. The van der Waals surface area contributed by atoms with Crippen molar-refractivity contribution in [2.24, 2.45) is 0 Å². The second-order valence-corrected chi connectivity index (χ2v) is 7.02. The second-order valence-electron chi connectivity index (χ2n) is 7.02. The third kappa shape index (κ3) is 5.26. The minimum atomic E-state index is -0.252. The third-order valence-electron chi connectivity index (χ3n) is 4.98. The number of hydrogen-bond acceptors (Lipinski definition) is 3. The van der Waals surface area contributed by atoms with Gasteiger partial charge in [0.2, 0.25) is 11.8 Å². The molecule has 0 aromatic heterocycles. The lowest BCUT2D eigenvalue weighted by atomic mass is 10.1. The Labute approximate surface area is 148 Å². The monoisotopic (exact) mass is 347 g/mol. The zero-order valence-electron chi connectivity index (χ0n) is 14.5. The number of hydrogen-bond donors (Lipinski definition) is 1. The molecule has 0 spiro atoms. The Bertz CT molecular complexity index is 599. The molecule has 2 amide bonds. The summed E-state index contributed by atoms with van der Waals surface area (Å²) in [5, 5.41) is 3.00.